The maximum absolute atomic E-state index is 11.5. The predicted molar refractivity (Wildman–Crippen MR) is 68.9 cm³/mol. The first-order valence-electron chi connectivity index (χ1n) is 6.37. The SMILES string of the molecule is CN1CC[C@@H](CNC(=O)OC(C)(C)C)[C@H](C#N)C1. The number of nitrogens with one attached hydrogen (secondary N) is 1. The second kappa shape index (κ2) is 6.05. The Morgan fingerprint density at radius 3 is 2.78 bits per heavy atom. The molecule has 1 saturated heterocycles. The monoisotopic (exact) mass is 253 g/mol. The van der Waals surface area contributed by atoms with Gasteiger partial charge in [0.1, 0.15) is 5.60 Å². The van der Waals surface area contributed by atoms with Gasteiger partial charge in [-0.3, -0.25) is 0 Å². The van der Waals surface area contributed by atoms with Crippen molar-refractivity contribution in [3.05, 3.63) is 0 Å². The van der Waals surface area contributed by atoms with E-state index >= 15 is 0 Å². The zero-order chi connectivity index (χ0) is 13.8. The molecule has 1 heterocycles. The first-order valence-corrected chi connectivity index (χ1v) is 6.37. The Morgan fingerprint density at radius 1 is 1.56 bits per heavy atom. The maximum atomic E-state index is 11.5. The van der Waals surface area contributed by atoms with E-state index in [0.29, 0.717) is 6.54 Å². The summed E-state index contributed by atoms with van der Waals surface area (Å²) in [5.74, 6) is 0.206. The number of carbonyl (C=O) groups is 1. The summed E-state index contributed by atoms with van der Waals surface area (Å²) in [6, 6.07) is 2.32. The summed E-state index contributed by atoms with van der Waals surface area (Å²) in [6.45, 7) is 7.76. The van der Waals surface area contributed by atoms with Gasteiger partial charge in [0, 0.05) is 13.1 Å². The standard InChI is InChI=1S/C13H23N3O2/c1-13(2,3)18-12(17)15-8-10-5-6-16(4)9-11(10)7-14/h10-11H,5-6,8-9H2,1-4H3,(H,15,17)/t10-,11+/m0/s1. The van der Waals surface area contributed by atoms with Crippen molar-refractivity contribution >= 4 is 6.09 Å². The average molecular weight is 253 g/mol. The zero-order valence-electron chi connectivity index (χ0n) is 11.7. The molecule has 0 aromatic heterocycles. The van der Waals surface area contributed by atoms with Crippen molar-refractivity contribution in [3.8, 4) is 6.07 Å². The molecular weight excluding hydrogens is 230 g/mol. The van der Waals surface area contributed by atoms with Crippen LogP contribution >= 0.6 is 0 Å². The van der Waals surface area contributed by atoms with Gasteiger partial charge < -0.3 is 15.0 Å². The smallest absolute Gasteiger partial charge is 0.407 e. The molecule has 1 rings (SSSR count). The Balaban J connectivity index is 2.39. The van der Waals surface area contributed by atoms with E-state index in [4.69, 9.17) is 10.00 Å². The van der Waals surface area contributed by atoms with Crippen LogP contribution in [0.15, 0.2) is 0 Å². The number of nitrogens with zero attached hydrogens (tertiary/aromatic N) is 2. The zero-order valence-corrected chi connectivity index (χ0v) is 11.7. The number of nitriles is 1. The highest BCUT2D eigenvalue weighted by atomic mass is 16.6. The van der Waals surface area contributed by atoms with Crippen LogP contribution in [0.2, 0.25) is 0 Å². The number of carbonyl (C=O) groups excluding carboxylic acids is 1. The summed E-state index contributed by atoms with van der Waals surface area (Å²) in [6.07, 6.45) is 0.531. The summed E-state index contributed by atoms with van der Waals surface area (Å²) < 4.78 is 5.18. The van der Waals surface area contributed by atoms with Crippen LogP contribution in [0.4, 0.5) is 4.79 Å². The molecule has 0 bridgehead atoms. The third-order valence-corrected chi connectivity index (χ3v) is 3.03. The van der Waals surface area contributed by atoms with Crippen molar-refractivity contribution in [2.45, 2.75) is 32.8 Å². The van der Waals surface area contributed by atoms with Gasteiger partial charge >= 0.3 is 6.09 Å². The average Bonchev–Trinajstić information content (AvgIpc) is 2.24. The number of alkyl carbamates (subject to hydrolysis) is 1. The molecule has 1 amide bonds. The van der Waals surface area contributed by atoms with Crippen LogP contribution in [0, 0.1) is 23.2 Å². The summed E-state index contributed by atoms with van der Waals surface area (Å²) in [5.41, 5.74) is -0.481. The van der Waals surface area contributed by atoms with Crippen LogP contribution in [0.25, 0.3) is 0 Å². The van der Waals surface area contributed by atoms with Gasteiger partial charge in [-0.1, -0.05) is 0 Å². The normalized spacial score (nSPS) is 25.3. The molecule has 2 atom stereocenters. The second-order valence-corrected chi connectivity index (χ2v) is 5.93. The van der Waals surface area contributed by atoms with Crippen molar-refractivity contribution in [1.29, 1.82) is 5.26 Å². The molecule has 18 heavy (non-hydrogen) atoms. The molecule has 1 fully saturated rings. The third-order valence-electron chi connectivity index (χ3n) is 3.03. The Bertz CT molecular complexity index is 330. The van der Waals surface area contributed by atoms with Crippen LogP contribution in [0.5, 0.6) is 0 Å². The fourth-order valence-electron chi connectivity index (χ4n) is 2.08. The van der Waals surface area contributed by atoms with Crippen LogP contribution in [0.3, 0.4) is 0 Å². The Labute approximate surface area is 109 Å². The van der Waals surface area contributed by atoms with E-state index < -0.39 is 11.7 Å². The van der Waals surface area contributed by atoms with E-state index in [-0.39, 0.29) is 11.8 Å². The highest BCUT2D eigenvalue weighted by molar-refractivity contribution is 5.67. The van der Waals surface area contributed by atoms with Crippen LogP contribution in [-0.2, 0) is 4.74 Å². The molecule has 1 aliphatic heterocycles. The van der Waals surface area contributed by atoms with E-state index in [1.54, 1.807) is 0 Å². The van der Waals surface area contributed by atoms with E-state index in [9.17, 15) is 4.79 Å². The first kappa shape index (κ1) is 14.8. The number of hydrogen-bond acceptors (Lipinski definition) is 4. The number of hydrogen-bond donors (Lipinski definition) is 1. The Morgan fingerprint density at radius 2 is 2.22 bits per heavy atom. The van der Waals surface area contributed by atoms with Gasteiger partial charge in [-0.05, 0) is 46.7 Å². The van der Waals surface area contributed by atoms with E-state index in [0.717, 1.165) is 19.5 Å². The number of rotatable bonds is 2. The third kappa shape index (κ3) is 4.92. The van der Waals surface area contributed by atoms with Gasteiger partial charge in [0.25, 0.3) is 0 Å². The molecule has 0 aliphatic carbocycles. The fourth-order valence-corrected chi connectivity index (χ4v) is 2.08. The summed E-state index contributed by atoms with van der Waals surface area (Å²) in [4.78, 5) is 13.7. The Hall–Kier alpha value is -1.28. The van der Waals surface area contributed by atoms with Crippen molar-refractivity contribution in [2.75, 3.05) is 26.7 Å². The highest BCUT2D eigenvalue weighted by Gasteiger charge is 2.28. The lowest BCUT2D eigenvalue weighted by molar-refractivity contribution is 0.0504. The molecule has 5 nitrogen and oxygen atoms in total. The van der Waals surface area contributed by atoms with Gasteiger partial charge in [0.2, 0.25) is 0 Å². The molecule has 0 aromatic rings. The number of amides is 1. The molecule has 0 saturated carbocycles. The topological polar surface area (TPSA) is 65.4 Å². The van der Waals surface area contributed by atoms with Crippen LogP contribution in [-0.4, -0.2) is 43.3 Å². The predicted octanol–water partition coefficient (Wildman–Crippen LogP) is 1.60. The van der Waals surface area contributed by atoms with Crippen LogP contribution < -0.4 is 5.32 Å². The lowest BCUT2D eigenvalue weighted by Crippen LogP contribution is -2.43. The van der Waals surface area contributed by atoms with Gasteiger partial charge in [0.15, 0.2) is 0 Å². The molecule has 1 aliphatic rings. The summed E-state index contributed by atoms with van der Waals surface area (Å²) in [5, 5.41) is 11.9. The van der Waals surface area contributed by atoms with Crippen molar-refractivity contribution in [2.24, 2.45) is 11.8 Å². The van der Waals surface area contributed by atoms with Crippen molar-refractivity contribution in [1.82, 2.24) is 10.2 Å². The molecule has 102 valence electrons. The molecule has 0 spiro atoms. The van der Waals surface area contributed by atoms with E-state index in [1.165, 1.54) is 0 Å². The molecular formula is C13H23N3O2. The maximum Gasteiger partial charge on any atom is 0.407 e. The molecule has 0 aromatic carbocycles. The second-order valence-electron chi connectivity index (χ2n) is 5.93. The highest BCUT2D eigenvalue weighted by Crippen LogP contribution is 2.21. The fraction of sp³-hybridized carbons (Fsp3) is 0.846. The quantitative estimate of drug-likeness (QED) is 0.812. The molecule has 1 N–H and O–H groups in total. The number of likely N-dealkylation sites (tertiary alicyclic amines) is 1. The number of ether oxygens (including phenoxy) is 1. The van der Waals surface area contributed by atoms with Gasteiger partial charge in [0.05, 0.1) is 12.0 Å². The van der Waals surface area contributed by atoms with Gasteiger partial charge in [-0.2, -0.15) is 5.26 Å². The van der Waals surface area contributed by atoms with E-state index in [1.807, 2.05) is 27.8 Å². The van der Waals surface area contributed by atoms with Crippen molar-refractivity contribution in [3.63, 3.8) is 0 Å². The lowest BCUT2D eigenvalue weighted by Gasteiger charge is -2.33. The minimum atomic E-state index is -0.481. The van der Waals surface area contributed by atoms with Gasteiger partial charge in [-0.15, -0.1) is 0 Å². The van der Waals surface area contributed by atoms with Crippen LogP contribution in [0.1, 0.15) is 27.2 Å². The Kier molecular flexibility index (Phi) is 4.97. The lowest BCUT2D eigenvalue weighted by atomic mass is 9.87. The first-order chi connectivity index (χ1) is 8.31. The summed E-state index contributed by atoms with van der Waals surface area (Å²) in [7, 11) is 2.02. The minimum Gasteiger partial charge on any atom is -0.444 e. The van der Waals surface area contributed by atoms with Crippen molar-refractivity contribution < 1.29 is 9.53 Å². The number of piperidine rings is 1. The molecule has 0 unspecified atom stereocenters. The molecule has 0 radical (unpaired) electrons. The minimum absolute atomic E-state index is 0.0151. The van der Waals surface area contributed by atoms with E-state index in [2.05, 4.69) is 16.3 Å². The van der Waals surface area contributed by atoms with Gasteiger partial charge in [-0.25, -0.2) is 4.79 Å². The largest absolute Gasteiger partial charge is 0.444 e. The molecule has 5 heteroatoms. The summed E-state index contributed by atoms with van der Waals surface area (Å²) >= 11 is 0.